The lowest BCUT2D eigenvalue weighted by atomic mass is 10.3. The molecule has 2 amide bonds. The molecule has 0 aliphatic heterocycles. The minimum Gasteiger partial charge on any atom is -0.494 e. The number of nitrogens with one attached hydrogen (secondary N) is 2. The fourth-order valence-electron chi connectivity index (χ4n) is 2.01. The fourth-order valence-corrected chi connectivity index (χ4v) is 2.01. The highest BCUT2D eigenvalue weighted by Gasteiger charge is 2.16. The number of hydrogen-bond acceptors (Lipinski definition) is 4. The molecule has 7 nitrogen and oxygen atoms in total. The topological polar surface area (TPSA) is 85.2 Å². The number of anilines is 1. The molecule has 0 saturated carbocycles. The number of carbonyl (C=O) groups is 2. The molecule has 0 unspecified atom stereocenters. The van der Waals surface area contributed by atoms with Crippen molar-refractivity contribution >= 4 is 17.5 Å². The van der Waals surface area contributed by atoms with Gasteiger partial charge in [0.1, 0.15) is 5.75 Å². The Hall–Kier alpha value is -2.83. The van der Waals surface area contributed by atoms with E-state index in [1.807, 2.05) is 13.8 Å². The molecule has 0 radical (unpaired) electrons. The van der Waals surface area contributed by atoms with Crippen LogP contribution in [-0.2, 0) is 16.1 Å². The zero-order valence-corrected chi connectivity index (χ0v) is 13.2. The highest BCUT2D eigenvalue weighted by atomic mass is 16.5. The van der Waals surface area contributed by atoms with Crippen LogP contribution in [0.1, 0.15) is 13.8 Å². The Bertz CT molecular complexity index is 638. The first kappa shape index (κ1) is 16.5. The van der Waals surface area contributed by atoms with Gasteiger partial charge in [-0.25, -0.2) is 0 Å². The molecule has 1 aromatic heterocycles. The first-order chi connectivity index (χ1) is 11.1. The summed E-state index contributed by atoms with van der Waals surface area (Å²) >= 11 is 0. The molecule has 1 aromatic carbocycles. The van der Waals surface area contributed by atoms with Gasteiger partial charge in [0.05, 0.1) is 13.2 Å². The summed E-state index contributed by atoms with van der Waals surface area (Å²) in [6.45, 7) is 4.77. The molecule has 7 heteroatoms. The number of benzene rings is 1. The molecule has 0 saturated heterocycles. The molecule has 0 aliphatic rings. The molecule has 0 bridgehead atoms. The van der Waals surface area contributed by atoms with Gasteiger partial charge >= 0.3 is 11.8 Å². The van der Waals surface area contributed by atoms with E-state index in [-0.39, 0.29) is 6.04 Å². The lowest BCUT2D eigenvalue weighted by molar-refractivity contribution is -0.136. The molecule has 1 heterocycles. The van der Waals surface area contributed by atoms with Crippen molar-refractivity contribution in [2.75, 3.05) is 11.9 Å². The lowest BCUT2D eigenvalue weighted by Gasteiger charge is -2.13. The molecule has 2 aromatic rings. The van der Waals surface area contributed by atoms with Gasteiger partial charge in [-0.1, -0.05) is 0 Å². The van der Waals surface area contributed by atoms with Gasteiger partial charge < -0.3 is 15.4 Å². The highest BCUT2D eigenvalue weighted by Crippen LogP contribution is 2.15. The van der Waals surface area contributed by atoms with E-state index in [0.29, 0.717) is 24.6 Å². The molecule has 0 aliphatic carbocycles. The van der Waals surface area contributed by atoms with Crippen LogP contribution in [0.5, 0.6) is 5.75 Å². The number of ether oxygens (including phenoxy) is 1. The van der Waals surface area contributed by atoms with E-state index in [0.717, 1.165) is 0 Å². The van der Waals surface area contributed by atoms with Crippen molar-refractivity contribution in [3.8, 4) is 5.75 Å². The summed E-state index contributed by atoms with van der Waals surface area (Å²) in [7, 11) is 0. The van der Waals surface area contributed by atoms with E-state index in [1.54, 1.807) is 47.4 Å². The Balaban J connectivity index is 1.83. The maximum absolute atomic E-state index is 11.9. The van der Waals surface area contributed by atoms with E-state index < -0.39 is 11.8 Å². The standard InChI is InChI=1S/C16H20N4O3/c1-3-23-14-7-5-13(6-8-14)19-16(22)15(21)18-12(2)11-20-10-4-9-17-20/h4-10,12H,3,11H2,1-2H3,(H,18,21)(H,19,22)/t12-/m0/s1. The summed E-state index contributed by atoms with van der Waals surface area (Å²) in [5.41, 5.74) is 0.535. The second-order valence-corrected chi connectivity index (χ2v) is 5.01. The van der Waals surface area contributed by atoms with Gasteiger partial charge in [-0.15, -0.1) is 0 Å². The molecular formula is C16H20N4O3. The van der Waals surface area contributed by atoms with Crippen LogP contribution in [0, 0.1) is 0 Å². The molecule has 2 N–H and O–H groups in total. The third-order valence-corrected chi connectivity index (χ3v) is 3.03. The summed E-state index contributed by atoms with van der Waals surface area (Å²) in [5.74, 6) is -0.678. The first-order valence-corrected chi connectivity index (χ1v) is 7.40. The van der Waals surface area contributed by atoms with E-state index in [9.17, 15) is 9.59 Å². The fraction of sp³-hybridized carbons (Fsp3) is 0.312. The van der Waals surface area contributed by atoms with Crippen molar-refractivity contribution in [1.29, 1.82) is 0 Å². The Morgan fingerprint density at radius 2 is 2.00 bits per heavy atom. The zero-order valence-electron chi connectivity index (χ0n) is 13.2. The van der Waals surface area contributed by atoms with Crippen LogP contribution in [0.3, 0.4) is 0 Å². The van der Waals surface area contributed by atoms with E-state index >= 15 is 0 Å². The van der Waals surface area contributed by atoms with Crippen LogP contribution in [-0.4, -0.2) is 34.2 Å². The van der Waals surface area contributed by atoms with Crippen LogP contribution < -0.4 is 15.4 Å². The van der Waals surface area contributed by atoms with E-state index in [2.05, 4.69) is 15.7 Å². The smallest absolute Gasteiger partial charge is 0.313 e. The van der Waals surface area contributed by atoms with Crippen molar-refractivity contribution in [1.82, 2.24) is 15.1 Å². The molecule has 0 fully saturated rings. The number of aromatic nitrogens is 2. The monoisotopic (exact) mass is 316 g/mol. The number of amides is 2. The molecule has 122 valence electrons. The Morgan fingerprint density at radius 3 is 2.61 bits per heavy atom. The second-order valence-electron chi connectivity index (χ2n) is 5.01. The average Bonchev–Trinajstić information content (AvgIpc) is 3.02. The predicted octanol–water partition coefficient (Wildman–Crippen LogP) is 1.43. The van der Waals surface area contributed by atoms with Crippen molar-refractivity contribution in [3.63, 3.8) is 0 Å². The Morgan fingerprint density at radius 1 is 1.26 bits per heavy atom. The average molecular weight is 316 g/mol. The van der Waals surface area contributed by atoms with Crippen LogP contribution in [0.25, 0.3) is 0 Å². The summed E-state index contributed by atoms with van der Waals surface area (Å²) < 4.78 is 7.01. The van der Waals surface area contributed by atoms with E-state index in [1.165, 1.54) is 0 Å². The van der Waals surface area contributed by atoms with Crippen LogP contribution >= 0.6 is 0 Å². The van der Waals surface area contributed by atoms with Crippen molar-refractivity contribution < 1.29 is 14.3 Å². The third kappa shape index (κ3) is 5.14. The SMILES string of the molecule is CCOc1ccc(NC(=O)C(=O)N[C@@H](C)Cn2cccn2)cc1. The second kappa shape index (κ2) is 7.98. The summed E-state index contributed by atoms with van der Waals surface area (Å²) in [6.07, 6.45) is 3.45. The molecule has 2 rings (SSSR count). The highest BCUT2D eigenvalue weighted by molar-refractivity contribution is 6.39. The molecule has 1 atom stereocenters. The van der Waals surface area contributed by atoms with Gasteiger partial charge in [0, 0.05) is 24.1 Å². The normalized spacial score (nSPS) is 11.6. The summed E-state index contributed by atoms with van der Waals surface area (Å²) in [5, 5.41) is 9.23. The van der Waals surface area contributed by atoms with Crippen LogP contribution in [0.2, 0.25) is 0 Å². The number of hydrogen-bond donors (Lipinski definition) is 2. The predicted molar refractivity (Wildman–Crippen MR) is 86.1 cm³/mol. The minimum absolute atomic E-state index is 0.214. The number of rotatable bonds is 6. The van der Waals surface area contributed by atoms with Gasteiger partial charge in [0.15, 0.2) is 0 Å². The van der Waals surface area contributed by atoms with Gasteiger partial charge in [0.2, 0.25) is 0 Å². The summed E-state index contributed by atoms with van der Waals surface area (Å²) in [4.78, 5) is 23.8. The zero-order chi connectivity index (χ0) is 16.7. The minimum atomic E-state index is -0.707. The molecule has 0 spiro atoms. The van der Waals surface area contributed by atoms with Crippen molar-refractivity contribution in [2.24, 2.45) is 0 Å². The number of carbonyl (C=O) groups excluding carboxylic acids is 2. The van der Waals surface area contributed by atoms with Gasteiger partial charge in [0.25, 0.3) is 0 Å². The first-order valence-electron chi connectivity index (χ1n) is 7.40. The van der Waals surface area contributed by atoms with Crippen molar-refractivity contribution in [3.05, 3.63) is 42.7 Å². The quantitative estimate of drug-likeness (QED) is 0.789. The molecule has 23 heavy (non-hydrogen) atoms. The van der Waals surface area contributed by atoms with Gasteiger partial charge in [-0.05, 0) is 44.2 Å². The van der Waals surface area contributed by atoms with Crippen molar-refractivity contribution in [2.45, 2.75) is 26.4 Å². The third-order valence-electron chi connectivity index (χ3n) is 3.03. The number of nitrogens with zero attached hydrogens (tertiary/aromatic N) is 2. The lowest BCUT2D eigenvalue weighted by Crippen LogP contribution is -2.42. The largest absolute Gasteiger partial charge is 0.494 e. The Labute approximate surface area is 134 Å². The van der Waals surface area contributed by atoms with Crippen LogP contribution in [0.15, 0.2) is 42.7 Å². The summed E-state index contributed by atoms with van der Waals surface area (Å²) in [6, 6.07) is 8.42. The van der Waals surface area contributed by atoms with Gasteiger partial charge in [-0.2, -0.15) is 5.10 Å². The molecular weight excluding hydrogens is 296 g/mol. The maximum atomic E-state index is 11.9. The van der Waals surface area contributed by atoms with E-state index in [4.69, 9.17) is 4.74 Å². The Kier molecular flexibility index (Phi) is 5.74. The van der Waals surface area contributed by atoms with Crippen LogP contribution in [0.4, 0.5) is 5.69 Å². The maximum Gasteiger partial charge on any atom is 0.313 e. The van der Waals surface area contributed by atoms with Gasteiger partial charge in [-0.3, -0.25) is 14.3 Å².